The molecule has 0 amide bonds. The van der Waals surface area contributed by atoms with Crippen LogP contribution in [0, 0.1) is 0 Å². The minimum Gasteiger partial charge on any atom is -0.380 e. The quantitative estimate of drug-likeness (QED) is 0.619. The third-order valence-corrected chi connectivity index (χ3v) is 2.21. The number of hydroxylamine groups is 1. The summed E-state index contributed by atoms with van der Waals surface area (Å²) < 4.78 is 36.7. The summed E-state index contributed by atoms with van der Waals surface area (Å²) in [6, 6.07) is 8.98. The van der Waals surface area contributed by atoms with Gasteiger partial charge in [-0.2, -0.15) is 18.7 Å². The Bertz CT molecular complexity index is 338. The predicted octanol–water partition coefficient (Wildman–Crippen LogP) is 2.02. The molecule has 6 heteroatoms. The van der Waals surface area contributed by atoms with Crippen LogP contribution >= 0.6 is 0 Å². The average molecular weight is 249 g/mol. The molecule has 3 nitrogen and oxygen atoms in total. The topological polar surface area (TPSA) is 41.5 Å². The van der Waals surface area contributed by atoms with Gasteiger partial charge in [-0.15, -0.1) is 0 Å². The van der Waals surface area contributed by atoms with Gasteiger partial charge >= 0.3 is 6.18 Å². The molecule has 0 aliphatic rings. The summed E-state index contributed by atoms with van der Waals surface area (Å²) >= 11 is 0. The molecule has 0 bridgehead atoms. The molecule has 0 aliphatic heterocycles. The third kappa shape index (κ3) is 4.33. The molecule has 2 N–H and O–H groups in total. The zero-order chi connectivity index (χ0) is 12.9. The lowest BCUT2D eigenvalue weighted by atomic mass is 10.1. The van der Waals surface area contributed by atoms with Gasteiger partial charge in [-0.05, 0) is 12.5 Å². The van der Waals surface area contributed by atoms with Crippen molar-refractivity contribution in [3.8, 4) is 0 Å². The van der Waals surface area contributed by atoms with Crippen molar-refractivity contribution in [3.05, 3.63) is 35.9 Å². The van der Waals surface area contributed by atoms with Crippen molar-refractivity contribution < 1.29 is 23.1 Å². The molecule has 0 heterocycles. The van der Waals surface area contributed by atoms with Gasteiger partial charge < -0.3 is 5.11 Å². The smallest absolute Gasteiger partial charge is 0.380 e. The number of halogens is 3. The monoisotopic (exact) mass is 249 g/mol. The maximum Gasteiger partial charge on any atom is 0.418 e. The fourth-order valence-electron chi connectivity index (χ4n) is 1.00. The van der Waals surface area contributed by atoms with E-state index in [-0.39, 0.29) is 6.61 Å². The fraction of sp³-hybridized carbons (Fsp3) is 0.455. The highest BCUT2D eigenvalue weighted by Crippen LogP contribution is 2.29. The molecule has 96 valence electrons. The second-order valence-corrected chi connectivity index (χ2v) is 3.87. The molecule has 0 fully saturated rings. The molecular formula is C11H14F3NO2. The van der Waals surface area contributed by atoms with E-state index in [0.29, 0.717) is 6.92 Å². The second kappa shape index (κ2) is 5.48. The zero-order valence-corrected chi connectivity index (χ0v) is 9.29. The summed E-state index contributed by atoms with van der Waals surface area (Å²) in [5.74, 6) is 0. The fourth-order valence-corrected chi connectivity index (χ4v) is 1.00. The summed E-state index contributed by atoms with van der Waals surface area (Å²) in [7, 11) is 0. The van der Waals surface area contributed by atoms with Gasteiger partial charge in [0.15, 0.2) is 5.60 Å². The zero-order valence-electron chi connectivity index (χ0n) is 9.29. The van der Waals surface area contributed by atoms with E-state index in [1.807, 2.05) is 6.07 Å². The highest BCUT2D eigenvalue weighted by Gasteiger charge is 2.49. The SMILES string of the molecule is CC(O)(CNOCc1ccccc1)C(F)(F)F. The number of benzene rings is 1. The summed E-state index contributed by atoms with van der Waals surface area (Å²) in [4.78, 5) is 4.84. The standard InChI is InChI=1S/C11H14F3NO2/c1-10(16,11(12,13)14)8-15-17-7-9-5-3-2-4-6-9/h2-6,15-16H,7-8H2,1H3. The van der Waals surface area contributed by atoms with E-state index in [4.69, 9.17) is 9.94 Å². The van der Waals surface area contributed by atoms with E-state index in [1.54, 1.807) is 24.3 Å². The van der Waals surface area contributed by atoms with Crippen LogP contribution in [-0.2, 0) is 11.4 Å². The van der Waals surface area contributed by atoms with E-state index in [2.05, 4.69) is 5.48 Å². The molecule has 0 spiro atoms. The van der Waals surface area contributed by atoms with Crippen LogP contribution in [0.25, 0.3) is 0 Å². The molecule has 1 aromatic carbocycles. The first-order chi connectivity index (χ1) is 7.83. The number of hydrogen-bond acceptors (Lipinski definition) is 3. The van der Waals surface area contributed by atoms with Crippen LogP contribution in [0.1, 0.15) is 12.5 Å². The highest BCUT2D eigenvalue weighted by atomic mass is 19.4. The van der Waals surface area contributed by atoms with E-state index >= 15 is 0 Å². The Hall–Kier alpha value is -1.11. The molecule has 0 saturated carbocycles. The van der Waals surface area contributed by atoms with Gasteiger partial charge in [-0.25, -0.2) is 0 Å². The number of nitrogens with one attached hydrogen (secondary N) is 1. The minimum atomic E-state index is -4.68. The van der Waals surface area contributed by atoms with Crippen molar-refractivity contribution in [2.45, 2.75) is 25.3 Å². The molecule has 1 rings (SSSR count). The average Bonchev–Trinajstić information content (AvgIpc) is 2.24. The van der Waals surface area contributed by atoms with Crippen LogP contribution in [0.3, 0.4) is 0 Å². The van der Waals surface area contributed by atoms with Crippen molar-refractivity contribution in [3.63, 3.8) is 0 Å². The Labute approximate surface area is 97.2 Å². The number of rotatable bonds is 5. The third-order valence-electron chi connectivity index (χ3n) is 2.21. The maximum atomic E-state index is 12.2. The van der Waals surface area contributed by atoms with Gasteiger partial charge in [0.05, 0.1) is 13.2 Å². The molecule has 1 aromatic rings. The van der Waals surface area contributed by atoms with E-state index in [9.17, 15) is 13.2 Å². The first kappa shape index (κ1) is 14.0. The summed E-state index contributed by atoms with van der Waals surface area (Å²) in [5, 5.41) is 9.08. The first-order valence-electron chi connectivity index (χ1n) is 5.00. The summed E-state index contributed by atoms with van der Waals surface area (Å²) in [6.07, 6.45) is -4.68. The van der Waals surface area contributed by atoms with Gasteiger partial charge in [0.25, 0.3) is 0 Å². The van der Waals surface area contributed by atoms with Gasteiger partial charge in [-0.1, -0.05) is 30.3 Å². The maximum absolute atomic E-state index is 12.2. The number of hydrogen-bond donors (Lipinski definition) is 2. The van der Waals surface area contributed by atoms with Crippen LogP contribution in [0.5, 0.6) is 0 Å². The van der Waals surface area contributed by atoms with Crippen molar-refractivity contribution in [2.75, 3.05) is 6.54 Å². The molecule has 1 unspecified atom stereocenters. The molecule has 0 radical (unpaired) electrons. The Morgan fingerprint density at radius 2 is 1.82 bits per heavy atom. The normalized spacial score (nSPS) is 15.6. The predicted molar refractivity (Wildman–Crippen MR) is 55.9 cm³/mol. The van der Waals surface area contributed by atoms with Crippen LogP contribution in [0.15, 0.2) is 30.3 Å². The van der Waals surface area contributed by atoms with Crippen molar-refractivity contribution >= 4 is 0 Å². The van der Waals surface area contributed by atoms with Crippen LogP contribution in [0.2, 0.25) is 0 Å². The minimum absolute atomic E-state index is 0.134. The van der Waals surface area contributed by atoms with Crippen LogP contribution < -0.4 is 5.48 Å². The molecule has 0 saturated heterocycles. The lowest BCUT2D eigenvalue weighted by molar-refractivity contribution is -0.257. The van der Waals surface area contributed by atoms with Gasteiger partial charge in [0.2, 0.25) is 0 Å². The summed E-state index contributed by atoms with van der Waals surface area (Å²) in [6.45, 7) is 0.101. The Kier molecular flexibility index (Phi) is 4.50. The second-order valence-electron chi connectivity index (χ2n) is 3.87. The number of aliphatic hydroxyl groups is 1. The van der Waals surface area contributed by atoms with Crippen molar-refractivity contribution in [2.24, 2.45) is 0 Å². The molecule has 0 aromatic heterocycles. The summed E-state index contributed by atoms with van der Waals surface area (Å²) in [5.41, 5.74) is 0.134. The Morgan fingerprint density at radius 3 is 2.35 bits per heavy atom. The van der Waals surface area contributed by atoms with Gasteiger partial charge in [0, 0.05) is 0 Å². The van der Waals surface area contributed by atoms with Gasteiger partial charge in [0.1, 0.15) is 0 Å². The van der Waals surface area contributed by atoms with E-state index in [0.717, 1.165) is 5.56 Å². The lowest BCUT2D eigenvalue weighted by Gasteiger charge is -2.26. The molecule has 17 heavy (non-hydrogen) atoms. The molecule has 1 atom stereocenters. The highest BCUT2D eigenvalue weighted by molar-refractivity contribution is 5.13. The Morgan fingerprint density at radius 1 is 1.24 bits per heavy atom. The molecular weight excluding hydrogens is 235 g/mol. The first-order valence-corrected chi connectivity index (χ1v) is 5.00. The molecule has 0 aliphatic carbocycles. The Balaban J connectivity index is 2.30. The van der Waals surface area contributed by atoms with Gasteiger partial charge in [-0.3, -0.25) is 4.84 Å². The van der Waals surface area contributed by atoms with E-state index in [1.165, 1.54) is 0 Å². The van der Waals surface area contributed by atoms with Crippen LogP contribution in [-0.4, -0.2) is 23.4 Å². The van der Waals surface area contributed by atoms with Crippen LogP contribution in [0.4, 0.5) is 13.2 Å². The van der Waals surface area contributed by atoms with Crippen molar-refractivity contribution in [1.29, 1.82) is 0 Å². The van der Waals surface area contributed by atoms with E-state index < -0.39 is 18.3 Å². The number of alkyl halides is 3. The van der Waals surface area contributed by atoms with Crippen molar-refractivity contribution in [1.82, 2.24) is 5.48 Å². The largest absolute Gasteiger partial charge is 0.418 e. The lowest BCUT2D eigenvalue weighted by Crippen LogP contribution is -2.49.